The summed E-state index contributed by atoms with van der Waals surface area (Å²) in [7, 11) is 0. The molecule has 37 heavy (non-hydrogen) atoms. The summed E-state index contributed by atoms with van der Waals surface area (Å²) in [5, 5.41) is 4.35. The van der Waals surface area contributed by atoms with E-state index < -0.39 is 5.54 Å². The molecule has 1 aliphatic heterocycles. The molecule has 1 N–H and O–H groups in total. The molecule has 0 unspecified atom stereocenters. The maximum absolute atomic E-state index is 14.4. The highest BCUT2D eigenvalue weighted by atomic mass is 16.3. The van der Waals surface area contributed by atoms with Crippen LogP contribution in [0.1, 0.15) is 68.1 Å². The van der Waals surface area contributed by atoms with Gasteiger partial charge >= 0.3 is 0 Å². The first-order valence-electron chi connectivity index (χ1n) is 13.5. The molecule has 1 atom stereocenters. The highest BCUT2D eigenvalue weighted by Crippen LogP contribution is 2.38. The first-order valence-corrected chi connectivity index (χ1v) is 13.5. The minimum Gasteiger partial charge on any atom is -0.467 e. The largest absolute Gasteiger partial charge is 0.467 e. The molecule has 4 heterocycles. The van der Waals surface area contributed by atoms with E-state index in [1.54, 1.807) is 11.2 Å². The zero-order chi connectivity index (χ0) is 25.4. The maximum Gasteiger partial charge on any atom is 0.274 e. The zero-order valence-corrected chi connectivity index (χ0v) is 21.4. The molecule has 0 bridgehead atoms. The number of carbonyl (C=O) groups excluding carboxylic acids is 2. The molecule has 0 spiro atoms. The summed E-state index contributed by atoms with van der Waals surface area (Å²) >= 11 is 0. The van der Waals surface area contributed by atoms with E-state index >= 15 is 0 Å². The minimum atomic E-state index is -1.07. The normalized spacial score (nSPS) is 21.0. The van der Waals surface area contributed by atoms with E-state index in [1.807, 2.05) is 77.0 Å². The molecule has 7 nitrogen and oxygen atoms in total. The molecule has 1 aromatic carbocycles. The van der Waals surface area contributed by atoms with Gasteiger partial charge in [-0.3, -0.25) is 9.59 Å². The van der Waals surface area contributed by atoms with Crippen molar-refractivity contribution in [2.24, 2.45) is 0 Å². The second-order valence-corrected chi connectivity index (χ2v) is 10.7. The number of aromatic nitrogens is 2. The van der Waals surface area contributed by atoms with Gasteiger partial charge in [0.25, 0.3) is 5.91 Å². The average molecular weight is 499 g/mol. The van der Waals surface area contributed by atoms with Gasteiger partial charge < -0.3 is 23.8 Å². The number of hydrogen-bond acceptors (Lipinski definition) is 3. The van der Waals surface area contributed by atoms with Gasteiger partial charge in [0.1, 0.15) is 17.0 Å². The summed E-state index contributed by atoms with van der Waals surface area (Å²) in [6.07, 6.45) is 13.5. The highest BCUT2D eigenvalue weighted by Gasteiger charge is 2.49. The van der Waals surface area contributed by atoms with Gasteiger partial charge in [-0.1, -0.05) is 50.3 Å². The van der Waals surface area contributed by atoms with Gasteiger partial charge in [-0.25, -0.2) is 0 Å². The standard InChI is InChI=1S/C30H34N4O3/c1-30(29(36)31-22-12-5-3-2-4-6-13-22)21-33-25-16-8-7-15-24(25)26(32-17-9-10-18-32)27(33)28(35)34(30)20-23-14-11-19-37-23/h7-11,14-19,22H,2-6,12-13,20-21H2,1H3,(H,31,36)/t30-/m0/s1. The zero-order valence-electron chi connectivity index (χ0n) is 21.4. The number of benzene rings is 1. The summed E-state index contributed by atoms with van der Waals surface area (Å²) in [5.74, 6) is 0.396. The molecule has 6 rings (SSSR count). The van der Waals surface area contributed by atoms with Crippen LogP contribution in [0.5, 0.6) is 0 Å². The van der Waals surface area contributed by atoms with Crippen molar-refractivity contribution in [3.8, 4) is 5.69 Å². The van der Waals surface area contributed by atoms with E-state index in [4.69, 9.17) is 4.42 Å². The number of fused-ring (bicyclic) bond motifs is 3. The maximum atomic E-state index is 14.4. The minimum absolute atomic E-state index is 0.0936. The highest BCUT2D eigenvalue weighted by molar-refractivity contribution is 6.08. The second kappa shape index (κ2) is 9.61. The fraction of sp³-hybridized carbons (Fsp3) is 0.400. The third-order valence-corrected chi connectivity index (χ3v) is 8.14. The number of furan rings is 1. The first kappa shape index (κ1) is 23.6. The molecular formula is C30H34N4O3. The Balaban J connectivity index is 1.45. The van der Waals surface area contributed by atoms with Gasteiger partial charge in [0.15, 0.2) is 0 Å². The fourth-order valence-electron chi connectivity index (χ4n) is 6.10. The third-order valence-electron chi connectivity index (χ3n) is 8.14. The van der Waals surface area contributed by atoms with Crippen LogP contribution in [0.4, 0.5) is 0 Å². The monoisotopic (exact) mass is 498 g/mol. The molecule has 1 saturated carbocycles. The second-order valence-electron chi connectivity index (χ2n) is 10.7. The topological polar surface area (TPSA) is 72.4 Å². The lowest BCUT2D eigenvalue weighted by molar-refractivity contribution is -0.134. The molecule has 1 aliphatic carbocycles. The number of nitrogens with zero attached hydrogens (tertiary/aromatic N) is 3. The van der Waals surface area contributed by atoms with Crippen LogP contribution in [0.3, 0.4) is 0 Å². The molecular weight excluding hydrogens is 464 g/mol. The van der Waals surface area contributed by atoms with Crippen molar-refractivity contribution >= 4 is 22.7 Å². The predicted octanol–water partition coefficient (Wildman–Crippen LogP) is 5.67. The van der Waals surface area contributed by atoms with Crippen LogP contribution >= 0.6 is 0 Å². The van der Waals surface area contributed by atoms with Crippen LogP contribution < -0.4 is 5.32 Å². The van der Waals surface area contributed by atoms with Gasteiger partial charge in [-0.2, -0.15) is 0 Å². The van der Waals surface area contributed by atoms with Gasteiger partial charge in [0.2, 0.25) is 5.91 Å². The molecule has 7 heteroatoms. The number of carbonyl (C=O) groups is 2. The van der Waals surface area contributed by atoms with Crippen molar-refractivity contribution in [3.63, 3.8) is 0 Å². The van der Waals surface area contributed by atoms with Crippen LogP contribution in [0.15, 0.2) is 71.6 Å². The van der Waals surface area contributed by atoms with Crippen molar-refractivity contribution in [3.05, 3.63) is 78.6 Å². The van der Waals surface area contributed by atoms with Gasteiger partial charge in [0.05, 0.1) is 30.6 Å². The third kappa shape index (κ3) is 4.16. The Morgan fingerprint density at radius 2 is 1.73 bits per heavy atom. The molecule has 1 fully saturated rings. The molecule has 0 radical (unpaired) electrons. The Hall–Kier alpha value is -3.74. The van der Waals surface area contributed by atoms with E-state index in [0.717, 1.165) is 42.3 Å². The molecule has 192 valence electrons. The molecule has 2 aliphatic rings. The van der Waals surface area contributed by atoms with Crippen molar-refractivity contribution in [1.29, 1.82) is 0 Å². The SMILES string of the molecule is C[C@@]1(C(=O)NC2CCCCCCC2)Cn2c(c(-n3cccc3)c3ccccc32)C(=O)N1Cc1ccco1. The van der Waals surface area contributed by atoms with Crippen molar-refractivity contribution < 1.29 is 14.0 Å². The van der Waals surface area contributed by atoms with Gasteiger partial charge in [0, 0.05) is 23.8 Å². The lowest BCUT2D eigenvalue weighted by atomic mass is 9.92. The average Bonchev–Trinajstić information content (AvgIpc) is 3.64. The number of hydrogen-bond donors (Lipinski definition) is 1. The predicted molar refractivity (Wildman–Crippen MR) is 143 cm³/mol. The van der Waals surface area contributed by atoms with Crippen LogP contribution in [0, 0.1) is 0 Å². The molecule has 0 saturated heterocycles. The van der Waals surface area contributed by atoms with E-state index in [0.29, 0.717) is 18.0 Å². The van der Waals surface area contributed by atoms with Crippen LogP contribution in [0.25, 0.3) is 16.6 Å². The fourth-order valence-corrected chi connectivity index (χ4v) is 6.10. The molecule has 2 amide bonds. The Morgan fingerprint density at radius 1 is 1.00 bits per heavy atom. The smallest absolute Gasteiger partial charge is 0.274 e. The first-order chi connectivity index (χ1) is 18.1. The Morgan fingerprint density at radius 3 is 2.46 bits per heavy atom. The van der Waals surface area contributed by atoms with E-state index in [-0.39, 0.29) is 24.4 Å². The van der Waals surface area contributed by atoms with Gasteiger partial charge in [-0.15, -0.1) is 0 Å². The summed E-state index contributed by atoms with van der Waals surface area (Å²) in [5.41, 5.74) is 1.32. The lowest BCUT2D eigenvalue weighted by Crippen LogP contribution is -2.64. The molecule has 4 aromatic rings. The van der Waals surface area contributed by atoms with E-state index in [2.05, 4.69) is 5.32 Å². The number of para-hydroxylation sites is 1. The number of amides is 2. The van der Waals surface area contributed by atoms with E-state index in [1.165, 1.54) is 19.3 Å². The summed E-state index contributed by atoms with van der Waals surface area (Å²) in [6, 6.07) is 15.8. The van der Waals surface area contributed by atoms with Crippen LogP contribution in [0.2, 0.25) is 0 Å². The Bertz CT molecular complexity index is 1390. The Kier molecular flexibility index (Phi) is 6.14. The van der Waals surface area contributed by atoms with Crippen LogP contribution in [-0.2, 0) is 17.9 Å². The summed E-state index contributed by atoms with van der Waals surface area (Å²) in [6.45, 7) is 2.50. The quantitative estimate of drug-likeness (QED) is 0.385. The molecule has 3 aromatic heterocycles. The Labute approximate surface area is 217 Å². The van der Waals surface area contributed by atoms with E-state index in [9.17, 15) is 9.59 Å². The summed E-state index contributed by atoms with van der Waals surface area (Å²) < 4.78 is 9.69. The van der Waals surface area contributed by atoms with Crippen molar-refractivity contribution in [2.75, 3.05) is 0 Å². The summed E-state index contributed by atoms with van der Waals surface area (Å²) in [4.78, 5) is 30.2. The van der Waals surface area contributed by atoms with Crippen LogP contribution in [-0.4, -0.2) is 37.4 Å². The number of rotatable bonds is 5. The lowest BCUT2D eigenvalue weighted by Gasteiger charge is -2.44. The van der Waals surface area contributed by atoms with Crippen molar-refractivity contribution in [1.82, 2.24) is 19.4 Å². The van der Waals surface area contributed by atoms with Crippen molar-refractivity contribution in [2.45, 2.75) is 76.5 Å². The number of nitrogens with one attached hydrogen (secondary N) is 1. The van der Waals surface area contributed by atoms with Gasteiger partial charge in [-0.05, 0) is 50.1 Å².